The number of para-hydroxylation sites is 1. The van der Waals surface area contributed by atoms with Gasteiger partial charge in [0.25, 0.3) is 5.56 Å². The van der Waals surface area contributed by atoms with Crippen molar-refractivity contribution in [1.82, 2.24) is 19.2 Å². The number of carbonyl (C=O) groups is 1. The molecule has 3 aromatic carbocycles. The largest absolute Gasteiger partial charge is 0.325 e. The van der Waals surface area contributed by atoms with Crippen LogP contribution in [-0.2, 0) is 17.6 Å². The van der Waals surface area contributed by atoms with Crippen LogP contribution in [-0.4, -0.2) is 30.8 Å². The summed E-state index contributed by atoms with van der Waals surface area (Å²) < 4.78 is 3.43. The van der Waals surface area contributed by atoms with Crippen molar-refractivity contribution in [3.8, 4) is 5.69 Å². The van der Waals surface area contributed by atoms with Gasteiger partial charge in [0.05, 0.1) is 22.3 Å². The average Bonchev–Trinajstić information content (AvgIpc) is 3.32. The van der Waals surface area contributed by atoms with Crippen molar-refractivity contribution in [3.63, 3.8) is 0 Å². The molecule has 0 radical (unpaired) electrons. The van der Waals surface area contributed by atoms with Gasteiger partial charge in [0.1, 0.15) is 0 Å². The van der Waals surface area contributed by atoms with Gasteiger partial charge in [-0.25, -0.2) is 4.57 Å². The third-order valence-electron chi connectivity index (χ3n) is 5.95. The first kappa shape index (κ1) is 22.9. The summed E-state index contributed by atoms with van der Waals surface area (Å²) in [5.74, 6) is 0.444. The van der Waals surface area contributed by atoms with E-state index in [0.717, 1.165) is 29.8 Å². The molecule has 0 aliphatic carbocycles. The van der Waals surface area contributed by atoms with Gasteiger partial charge in [-0.1, -0.05) is 62.0 Å². The molecule has 1 amide bonds. The monoisotopic (exact) mass is 483 g/mol. The van der Waals surface area contributed by atoms with E-state index in [4.69, 9.17) is 0 Å². The van der Waals surface area contributed by atoms with Crippen LogP contribution >= 0.6 is 11.8 Å². The molecule has 0 saturated heterocycles. The summed E-state index contributed by atoms with van der Waals surface area (Å²) >= 11 is 1.29. The average molecular weight is 484 g/mol. The van der Waals surface area contributed by atoms with Crippen molar-refractivity contribution in [3.05, 3.63) is 94.3 Å². The predicted molar refractivity (Wildman–Crippen MR) is 141 cm³/mol. The Balaban J connectivity index is 1.51. The molecule has 8 heteroatoms. The van der Waals surface area contributed by atoms with E-state index < -0.39 is 0 Å². The van der Waals surface area contributed by atoms with Crippen LogP contribution in [0.3, 0.4) is 0 Å². The molecule has 0 spiro atoms. The van der Waals surface area contributed by atoms with Crippen LogP contribution < -0.4 is 10.9 Å². The molecule has 2 aromatic heterocycles. The van der Waals surface area contributed by atoms with E-state index >= 15 is 0 Å². The molecule has 35 heavy (non-hydrogen) atoms. The number of benzene rings is 3. The van der Waals surface area contributed by atoms with Crippen LogP contribution in [0.15, 0.2) is 82.7 Å². The lowest BCUT2D eigenvalue weighted by molar-refractivity contribution is -0.113. The number of hydrogen-bond donors (Lipinski definition) is 1. The number of carbonyl (C=O) groups excluding carboxylic acids is 1. The minimum atomic E-state index is -0.158. The molecule has 0 fully saturated rings. The van der Waals surface area contributed by atoms with Crippen molar-refractivity contribution in [2.45, 2.75) is 31.8 Å². The minimum absolute atomic E-state index is 0.132. The molecule has 7 nitrogen and oxygen atoms in total. The zero-order chi connectivity index (χ0) is 24.4. The summed E-state index contributed by atoms with van der Waals surface area (Å²) in [6, 6.07) is 23.1. The first-order chi connectivity index (χ1) is 17.1. The molecule has 0 atom stereocenters. The second-order valence-electron chi connectivity index (χ2n) is 8.19. The van der Waals surface area contributed by atoms with Gasteiger partial charge in [-0.15, -0.1) is 10.2 Å². The quantitative estimate of drug-likeness (QED) is 0.334. The fourth-order valence-electron chi connectivity index (χ4n) is 4.08. The number of fused-ring (bicyclic) bond motifs is 3. The Bertz CT molecular complexity index is 1590. The van der Waals surface area contributed by atoms with E-state index in [1.807, 2.05) is 71.1 Å². The molecule has 2 heterocycles. The Hall–Kier alpha value is -3.91. The number of amides is 1. The second-order valence-corrected chi connectivity index (χ2v) is 9.13. The highest BCUT2D eigenvalue weighted by Crippen LogP contribution is 2.24. The normalized spacial score (nSPS) is 11.3. The van der Waals surface area contributed by atoms with Gasteiger partial charge in [-0.3, -0.25) is 14.0 Å². The highest BCUT2D eigenvalue weighted by molar-refractivity contribution is 7.99. The number of anilines is 1. The lowest BCUT2D eigenvalue weighted by atomic mass is 10.1. The zero-order valence-electron chi connectivity index (χ0n) is 19.6. The fourth-order valence-corrected chi connectivity index (χ4v) is 4.82. The van der Waals surface area contributed by atoms with Crippen LogP contribution in [0.5, 0.6) is 0 Å². The Kier molecular flexibility index (Phi) is 6.37. The number of thioether (sulfide) groups is 1. The molecule has 5 rings (SSSR count). The number of hydrogen-bond acceptors (Lipinski definition) is 5. The molecular formula is C27H25N5O2S. The molecule has 0 saturated carbocycles. The summed E-state index contributed by atoms with van der Waals surface area (Å²) in [5.41, 5.74) is 4.39. The standard InChI is InChI=1S/C27H25N5O2S/c1-3-18-12-14-21(15-13-18)31-25(34)22-10-5-6-11-23(22)32-26(31)29-30-27(32)35-17-24(33)28-20-9-7-8-19(4-2)16-20/h5-16H,3-4,17H2,1-2H3,(H,28,33). The van der Waals surface area contributed by atoms with Gasteiger partial charge < -0.3 is 5.32 Å². The summed E-state index contributed by atoms with van der Waals surface area (Å²) in [5, 5.41) is 12.8. The molecule has 0 aliphatic heterocycles. The fraction of sp³-hybridized carbons (Fsp3) is 0.185. The van der Waals surface area contributed by atoms with Crippen LogP contribution in [0.25, 0.3) is 22.4 Å². The Morgan fingerprint density at radius 2 is 1.69 bits per heavy atom. The van der Waals surface area contributed by atoms with Crippen LogP contribution in [0.2, 0.25) is 0 Å². The third-order valence-corrected chi connectivity index (χ3v) is 6.88. The number of aryl methyl sites for hydroxylation is 2. The Morgan fingerprint density at radius 3 is 2.46 bits per heavy atom. The van der Waals surface area contributed by atoms with Crippen LogP contribution in [0, 0.1) is 0 Å². The molecule has 0 aliphatic rings. The number of rotatable bonds is 7. The predicted octanol–water partition coefficient (Wildman–Crippen LogP) is 4.89. The maximum atomic E-state index is 13.4. The van der Waals surface area contributed by atoms with E-state index in [1.54, 1.807) is 10.6 Å². The van der Waals surface area contributed by atoms with Gasteiger partial charge in [-0.05, 0) is 60.4 Å². The zero-order valence-corrected chi connectivity index (χ0v) is 20.4. The SMILES string of the molecule is CCc1ccc(-n2c(=O)c3ccccc3n3c(SCC(=O)Nc4cccc(CC)c4)nnc23)cc1. The summed E-state index contributed by atoms with van der Waals surface area (Å²) in [7, 11) is 0. The van der Waals surface area contributed by atoms with Crippen LogP contribution in [0.4, 0.5) is 5.69 Å². The number of aromatic nitrogens is 4. The molecule has 176 valence electrons. The van der Waals surface area contributed by atoms with Gasteiger partial charge in [-0.2, -0.15) is 0 Å². The first-order valence-electron chi connectivity index (χ1n) is 11.6. The number of nitrogens with zero attached hydrogens (tertiary/aromatic N) is 4. The smallest absolute Gasteiger partial charge is 0.267 e. The third kappa shape index (κ3) is 4.44. The van der Waals surface area contributed by atoms with Crippen molar-refractivity contribution >= 4 is 40.0 Å². The maximum Gasteiger partial charge on any atom is 0.267 e. The van der Waals surface area contributed by atoms with E-state index in [1.165, 1.54) is 17.3 Å². The van der Waals surface area contributed by atoms with E-state index in [0.29, 0.717) is 21.8 Å². The lowest BCUT2D eigenvalue weighted by Gasteiger charge is -2.12. The Labute approximate surface area is 206 Å². The highest BCUT2D eigenvalue weighted by atomic mass is 32.2. The molecular weight excluding hydrogens is 458 g/mol. The highest BCUT2D eigenvalue weighted by Gasteiger charge is 2.18. The summed E-state index contributed by atoms with van der Waals surface area (Å²) in [6.45, 7) is 4.17. The minimum Gasteiger partial charge on any atom is -0.325 e. The van der Waals surface area contributed by atoms with Crippen molar-refractivity contribution < 1.29 is 4.79 Å². The molecule has 1 N–H and O–H groups in total. The number of nitrogens with one attached hydrogen (secondary N) is 1. The second kappa shape index (κ2) is 9.76. The summed E-state index contributed by atoms with van der Waals surface area (Å²) in [6.07, 6.45) is 1.82. The molecule has 0 bridgehead atoms. The van der Waals surface area contributed by atoms with E-state index in [9.17, 15) is 9.59 Å². The Morgan fingerprint density at radius 1 is 0.914 bits per heavy atom. The van der Waals surface area contributed by atoms with Crippen molar-refractivity contribution in [2.24, 2.45) is 0 Å². The topological polar surface area (TPSA) is 81.3 Å². The van der Waals surface area contributed by atoms with Crippen LogP contribution in [0.1, 0.15) is 25.0 Å². The van der Waals surface area contributed by atoms with Gasteiger partial charge in [0.15, 0.2) is 5.16 Å². The summed E-state index contributed by atoms with van der Waals surface area (Å²) in [4.78, 5) is 26.1. The van der Waals surface area contributed by atoms with Gasteiger partial charge in [0.2, 0.25) is 11.7 Å². The first-order valence-corrected chi connectivity index (χ1v) is 12.6. The van der Waals surface area contributed by atoms with E-state index in [2.05, 4.69) is 29.4 Å². The van der Waals surface area contributed by atoms with Crippen molar-refractivity contribution in [2.75, 3.05) is 11.1 Å². The van der Waals surface area contributed by atoms with Crippen molar-refractivity contribution in [1.29, 1.82) is 0 Å². The maximum absolute atomic E-state index is 13.4. The molecule has 5 aromatic rings. The molecule has 0 unspecified atom stereocenters. The lowest BCUT2D eigenvalue weighted by Crippen LogP contribution is -2.22. The van der Waals surface area contributed by atoms with E-state index in [-0.39, 0.29) is 17.2 Å². The van der Waals surface area contributed by atoms with Gasteiger partial charge in [0, 0.05) is 5.69 Å². The van der Waals surface area contributed by atoms with Gasteiger partial charge >= 0.3 is 0 Å².